The van der Waals surface area contributed by atoms with E-state index in [2.05, 4.69) is 4.72 Å². The maximum Gasteiger partial charge on any atom is 0.209 e. The molecule has 1 N–H and O–H groups in total. The Morgan fingerprint density at radius 3 is 1.83 bits per heavy atom. The third-order valence-corrected chi connectivity index (χ3v) is 3.33. The van der Waals surface area contributed by atoms with Gasteiger partial charge in [-0.15, -0.1) is 11.6 Å². The van der Waals surface area contributed by atoms with E-state index in [0.717, 1.165) is 6.26 Å². The quantitative estimate of drug-likeness (QED) is 0.701. The molecule has 0 saturated heterocycles. The van der Waals surface area contributed by atoms with Gasteiger partial charge in [-0.25, -0.2) is 13.1 Å². The van der Waals surface area contributed by atoms with E-state index in [1.165, 1.54) is 0 Å². The molecular weight excluding hydrogens is 198 g/mol. The Kier molecular flexibility index (Phi) is 4.51. The lowest BCUT2D eigenvalue weighted by Crippen LogP contribution is -2.48. The summed E-state index contributed by atoms with van der Waals surface area (Å²) >= 11 is 5.70. The third kappa shape index (κ3) is 3.74. The summed E-state index contributed by atoms with van der Waals surface area (Å²) in [7, 11) is -3.15. The van der Waals surface area contributed by atoms with Gasteiger partial charge in [-0.1, -0.05) is 13.8 Å². The van der Waals surface area contributed by atoms with Crippen molar-refractivity contribution >= 4 is 21.6 Å². The second kappa shape index (κ2) is 4.44. The Bertz CT molecular complexity index is 213. The molecule has 12 heavy (non-hydrogen) atoms. The van der Waals surface area contributed by atoms with Crippen LogP contribution in [0.25, 0.3) is 0 Å². The first-order chi connectivity index (χ1) is 5.39. The Morgan fingerprint density at radius 1 is 1.33 bits per heavy atom. The van der Waals surface area contributed by atoms with Gasteiger partial charge in [0.2, 0.25) is 10.0 Å². The van der Waals surface area contributed by atoms with Crippen molar-refractivity contribution < 1.29 is 8.42 Å². The molecule has 0 aliphatic carbocycles. The predicted octanol–water partition coefficient (Wildman–Crippen LogP) is 1.33. The molecule has 0 rings (SSSR count). The molecule has 0 aliphatic heterocycles. The van der Waals surface area contributed by atoms with E-state index in [4.69, 9.17) is 11.6 Å². The number of nitrogens with one attached hydrogen (secondary N) is 1. The molecule has 0 saturated carbocycles. The number of halogens is 1. The average molecular weight is 214 g/mol. The number of hydrogen-bond acceptors (Lipinski definition) is 2. The van der Waals surface area contributed by atoms with Crippen molar-refractivity contribution in [2.75, 3.05) is 12.1 Å². The molecule has 0 fully saturated rings. The molecule has 0 aromatic carbocycles. The zero-order chi connectivity index (χ0) is 9.83. The Labute approximate surface area is 79.5 Å². The average Bonchev–Trinajstić information content (AvgIpc) is 1.99. The van der Waals surface area contributed by atoms with Crippen LogP contribution in [0.15, 0.2) is 0 Å². The summed E-state index contributed by atoms with van der Waals surface area (Å²) in [6.07, 6.45) is 2.57. The number of hydrogen-bond donors (Lipinski definition) is 1. The smallest absolute Gasteiger partial charge is 0.209 e. The molecule has 0 amide bonds. The lowest BCUT2D eigenvalue weighted by molar-refractivity contribution is 0.395. The molecule has 0 heterocycles. The maximum absolute atomic E-state index is 11.0. The summed E-state index contributed by atoms with van der Waals surface area (Å²) in [5.74, 6) is 0.313. The summed E-state index contributed by atoms with van der Waals surface area (Å²) in [5, 5.41) is 0. The zero-order valence-corrected chi connectivity index (χ0v) is 9.30. The number of sulfonamides is 1. The van der Waals surface area contributed by atoms with Crippen LogP contribution in [-0.2, 0) is 10.0 Å². The second-order valence-electron chi connectivity index (χ2n) is 3.00. The van der Waals surface area contributed by atoms with Gasteiger partial charge in [-0.3, -0.25) is 0 Å². The Balaban J connectivity index is 4.52. The van der Waals surface area contributed by atoms with Crippen LogP contribution in [0.5, 0.6) is 0 Å². The molecule has 74 valence electrons. The molecule has 0 spiro atoms. The van der Waals surface area contributed by atoms with E-state index in [9.17, 15) is 8.42 Å². The Morgan fingerprint density at radius 2 is 1.75 bits per heavy atom. The minimum atomic E-state index is -3.15. The monoisotopic (exact) mass is 213 g/mol. The van der Waals surface area contributed by atoms with Gasteiger partial charge >= 0.3 is 0 Å². The zero-order valence-electron chi connectivity index (χ0n) is 7.72. The third-order valence-electron chi connectivity index (χ3n) is 2.01. The topological polar surface area (TPSA) is 46.2 Å². The van der Waals surface area contributed by atoms with Crippen LogP contribution in [0.2, 0.25) is 0 Å². The van der Waals surface area contributed by atoms with Gasteiger partial charge in [0.15, 0.2) is 0 Å². The summed E-state index contributed by atoms with van der Waals surface area (Å²) in [5.41, 5.74) is -0.463. The molecule has 0 aromatic rings. The first kappa shape index (κ1) is 12.2. The molecule has 0 bridgehead atoms. The van der Waals surface area contributed by atoms with Crippen LogP contribution in [0.1, 0.15) is 26.7 Å². The van der Waals surface area contributed by atoms with Crippen molar-refractivity contribution in [1.82, 2.24) is 4.72 Å². The SMILES string of the molecule is CCC(CC)(CCl)NS(C)(=O)=O. The largest absolute Gasteiger partial charge is 0.213 e. The summed E-state index contributed by atoms with van der Waals surface area (Å²) in [6, 6.07) is 0. The molecule has 0 unspecified atom stereocenters. The summed E-state index contributed by atoms with van der Waals surface area (Å²) in [4.78, 5) is 0. The van der Waals surface area contributed by atoms with Crippen molar-refractivity contribution in [2.45, 2.75) is 32.2 Å². The minimum Gasteiger partial charge on any atom is -0.213 e. The van der Waals surface area contributed by atoms with Crippen LogP contribution >= 0.6 is 11.6 Å². The highest BCUT2D eigenvalue weighted by Gasteiger charge is 2.28. The van der Waals surface area contributed by atoms with E-state index in [1.54, 1.807) is 0 Å². The van der Waals surface area contributed by atoms with E-state index >= 15 is 0 Å². The molecule has 3 nitrogen and oxygen atoms in total. The molecule has 0 aliphatic rings. The minimum absolute atomic E-state index is 0.313. The first-order valence-corrected chi connectivity index (χ1v) is 6.36. The van der Waals surface area contributed by atoms with Gasteiger partial charge in [0.05, 0.1) is 6.26 Å². The fourth-order valence-corrected chi connectivity index (χ4v) is 2.68. The van der Waals surface area contributed by atoms with Crippen LogP contribution in [0.4, 0.5) is 0 Å². The van der Waals surface area contributed by atoms with E-state index in [-0.39, 0.29) is 0 Å². The van der Waals surface area contributed by atoms with Crippen molar-refractivity contribution in [2.24, 2.45) is 0 Å². The lowest BCUT2D eigenvalue weighted by Gasteiger charge is -2.29. The summed E-state index contributed by atoms with van der Waals surface area (Å²) in [6.45, 7) is 3.84. The lowest BCUT2D eigenvalue weighted by atomic mass is 9.97. The maximum atomic E-state index is 11.0. The summed E-state index contributed by atoms with van der Waals surface area (Å²) < 4.78 is 24.5. The van der Waals surface area contributed by atoms with Gasteiger partial charge in [0.25, 0.3) is 0 Å². The first-order valence-electron chi connectivity index (χ1n) is 3.94. The fraction of sp³-hybridized carbons (Fsp3) is 1.00. The van der Waals surface area contributed by atoms with Crippen molar-refractivity contribution in [3.8, 4) is 0 Å². The standard InChI is InChI=1S/C7H16ClNO2S/c1-4-7(5-2,6-8)9-12(3,10)11/h9H,4-6H2,1-3H3. The molecule has 5 heteroatoms. The normalized spacial score (nSPS) is 13.3. The van der Waals surface area contributed by atoms with Gasteiger partial charge < -0.3 is 0 Å². The van der Waals surface area contributed by atoms with Gasteiger partial charge in [-0.05, 0) is 12.8 Å². The van der Waals surface area contributed by atoms with Gasteiger partial charge in [0, 0.05) is 11.4 Å². The van der Waals surface area contributed by atoms with Crippen LogP contribution in [0, 0.1) is 0 Å². The number of alkyl halides is 1. The predicted molar refractivity (Wildman–Crippen MR) is 52.0 cm³/mol. The molecular formula is C7H16ClNO2S. The van der Waals surface area contributed by atoms with E-state index in [0.29, 0.717) is 18.7 Å². The van der Waals surface area contributed by atoms with E-state index < -0.39 is 15.6 Å². The highest BCUT2D eigenvalue weighted by molar-refractivity contribution is 7.88. The highest BCUT2D eigenvalue weighted by Crippen LogP contribution is 2.17. The number of rotatable bonds is 5. The second-order valence-corrected chi connectivity index (χ2v) is 5.01. The van der Waals surface area contributed by atoms with Crippen LogP contribution < -0.4 is 4.72 Å². The van der Waals surface area contributed by atoms with Crippen molar-refractivity contribution in [1.29, 1.82) is 0 Å². The molecule has 0 aromatic heterocycles. The van der Waals surface area contributed by atoms with Gasteiger partial charge in [-0.2, -0.15) is 0 Å². The Hall–Kier alpha value is 0.200. The fourth-order valence-electron chi connectivity index (χ4n) is 1.00. The van der Waals surface area contributed by atoms with Crippen LogP contribution in [0.3, 0.4) is 0 Å². The van der Waals surface area contributed by atoms with E-state index in [1.807, 2.05) is 13.8 Å². The highest BCUT2D eigenvalue weighted by atomic mass is 35.5. The van der Waals surface area contributed by atoms with Crippen LogP contribution in [-0.4, -0.2) is 26.1 Å². The van der Waals surface area contributed by atoms with Crippen molar-refractivity contribution in [3.63, 3.8) is 0 Å². The van der Waals surface area contributed by atoms with Gasteiger partial charge in [0.1, 0.15) is 0 Å². The molecule has 0 radical (unpaired) electrons. The molecule has 0 atom stereocenters. The van der Waals surface area contributed by atoms with Crippen molar-refractivity contribution in [3.05, 3.63) is 0 Å².